The molecule has 27 heavy (non-hydrogen) atoms. The molecule has 1 aromatic carbocycles. The van der Waals surface area contributed by atoms with E-state index in [1.165, 1.54) is 16.9 Å². The molecular formula is C21H22N4OS. The van der Waals surface area contributed by atoms with Gasteiger partial charge in [0.15, 0.2) is 0 Å². The Morgan fingerprint density at radius 2 is 1.89 bits per heavy atom. The molecule has 0 saturated carbocycles. The van der Waals surface area contributed by atoms with Crippen molar-refractivity contribution in [3.05, 3.63) is 58.3 Å². The highest BCUT2D eigenvalue weighted by Crippen LogP contribution is 2.35. The lowest BCUT2D eigenvalue weighted by molar-refractivity contribution is 0.776. The van der Waals surface area contributed by atoms with Gasteiger partial charge in [-0.25, -0.2) is 9.97 Å². The molecule has 3 aromatic heterocycles. The molecule has 0 unspecified atom stereocenters. The Hall–Kier alpha value is -2.73. The van der Waals surface area contributed by atoms with Crippen molar-refractivity contribution >= 4 is 37.5 Å². The van der Waals surface area contributed by atoms with Gasteiger partial charge in [0.2, 0.25) is 0 Å². The van der Waals surface area contributed by atoms with Gasteiger partial charge in [-0.05, 0) is 31.5 Å². The molecule has 0 aliphatic heterocycles. The van der Waals surface area contributed by atoms with Crippen LogP contribution in [0.25, 0.3) is 26.1 Å². The minimum Gasteiger partial charge on any atom is -0.377 e. The van der Waals surface area contributed by atoms with E-state index in [4.69, 9.17) is 4.98 Å². The van der Waals surface area contributed by atoms with Crippen LogP contribution in [0.3, 0.4) is 0 Å². The maximum Gasteiger partial charge on any atom is 0.276 e. The van der Waals surface area contributed by atoms with Crippen LogP contribution in [0.2, 0.25) is 0 Å². The summed E-state index contributed by atoms with van der Waals surface area (Å²) in [5, 5.41) is 0.966. The summed E-state index contributed by atoms with van der Waals surface area (Å²) in [5.74, 6) is 0.798. The quantitative estimate of drug-likeness (QED) is 0.531. The highest BCUT2D eigenvalue weighted by molar-refractivity contribution is 7.25. The van der Waals surface area contributed by atoms with Gasteiger partial charge in [-0.2, -0.15) is 0 Å². The summed E-state index contributed by atoms with van der Waals surface area (Å²) in [6.45, 7) is 4.15. The van der Waals surface area contributed by atoms with Crippen molar-refractivity contribution < 1.29 is 0 Å². The van der Waals surface area contributed by atoms with Gasteiger partial charge < -0.3 is 4.90 Å². The molecule has 0 radical (unpaired) electrons. The first-order chi connectivity index (χ1) is 13.0. The fraction of sp³-hybridized carbons (Fsp3) is 0.286. The van der Waals surface area contributed by atoms with Crippen LogP contribution < -0.4 is 10.5 Å². The average Bonchev–Trinajstić information content (AvgIpc) is 3.02. The molecule has 0 saturated heterocycles. The first-order valence-electron chi connectivity index (χ1n) is 9.08. The van der Waals surface area contributed by atoms with Crippen molar-refractivity contribution in [1.29, 1.82) is 0 Å². The summed E-state index contributed by atoms with van der Waals surface area (Å²) in [4.78, 5) is 25.8. The summed E-state index contributed by atoms with van der Waals surface area (Å²) in [6.07, 6.45) is 3.46. The Balaban J connectivity index is 2.11. The van der Waals surface area contributed by atoms with Crippen LogP contribution in [0.15, 0.2) is 41.3 Å². The van der Waals surface area contributed by atoms with Gasteiger partial charge in [-0.15, -0.1) is 11.3 Å². The maximum atomic E-state index is 13.5. The molecule has 138 valence electrons. The molecule has 0 aliphatic carbocycles. The van der Waals surface area contributed by atoms with Crippen LogP contribution in [0.1, 0.15) is 24.7 Å². The van der Waals surface area contributed by atoms with E-state index in [2.05, 4.69) is 11.9 Å². The topological polar surface area (TPSA) is 51.0 Å². The SMILES string of the molecule is CCCc1nc2c(sc3nccc(N(C)C)c32)c(=O)n1-c1ccc(C)cc1. The second-order valence-electron chi connectivity index (χ2n) is 6.94. The summed E-state index contributed by atoms with van der Waals surface area (Å²) in [6, 6.07) is 10.00. The highest BCUT2D eigenvalue weighted by atomic mass is 32.1. The van der Waals surface area contributed by atoms with Crippen molar-refractivity contribution in [3.8, 4) is 5.69 Å². The van der Waals surface area contributed by atoms with Crippen LogP contribution in [0.4, 0.5) is 5.69 Å². The number of rotatable bonds is 4. The molecule has 0 N–H and O–H groups in total. The number of fused-ring (bicyclic) bond motifs is 3. The second-order valence-corrected chi connectivity index (χ2v) is 7.94. The van der Waals surface area contributed by atoms with Crippen LogP contribution in [0.5, 0.6) is 0 Å². The van der Waals surface area contributed by atoms with E-state index in [1.807, 2.05) is 56.3 Å². The van der Waals surface area contributed by atoms with Gasteiger partial charge in [-0.1, -0.05) is 24.6 Å². The third-order valence-electron chi connectivity index (χ3n) is 4.69. The molecule has 0 aliphatic rings. The Labute approximate surface area is 161 Å². The van der Waals surface area contributed by atoms with E-state index < -0.39 is 0 Å². The number of pyridine rings is 1. The molecule has 4 aromatic rings. The lowest BCUT2D eigenvalue weighted by Crippen LogP contribution is -2.23. The van der Waals surface area contributed by atoms with Crippen molar-refractivity contribution in [1.82, 2.24) is 14.5 Å². The Kier molecular flexibility index (Phi) is 4.44. The van der Waals surface area contributed by atoms with Crippen LogP contribution in [0, 0.1) is 6.92 Å². The number of anilines is 1. The third-order valence-corrected chi connectivity index (χ3v) is 5.76. The normalized spacial score (nSPS) is 11.4. The molecule has 0 bridgehead atoms. The molecule has 3 heterocycles. The molecule has 0 amide bonds. The highest BCUT2D eigenvalue weighted by Gasteiger charge is 2.19. The Morgan fingerprint density at radius 1 is 1.15 bits per heavy atom. The summed E-state index contributed by atoms with van der Waals surface area (Å²) in [7, 11) is 4.00. The Morgan fingerprint density at radius 3 is 2.56 bits per heavy atom. The predicted molar refractivity (Wildman–Crippen MR) is 114 cm³/mol. The smallest absolute Gasteiger partial charge is 0.276 e. The molecule has 0 spiro atoms. The van der Waals surface area contributed by atoms with Gasteiger partial charge in [0, 0.05) is 26.7 Å². The first kappa shape index (κ1) is 17.7. The Bertz CT molecular complexity index is 1190. The average molecular weight is 379 g/mol. The van der Waals surface area contributed by atoms with Gasteiger partial charge >= 0.3 is 0 Å². The molecular weight excluding hydrogens is 356 g/mol. The zero-order chi connectivity index (χ0) is 19.1. The fourth-order valence-corrected chi connectivity index (χ4v) is 4.40. The first-order valence-corrected chi connectivity index (χ1v) is 9.90. The number of aryl methyl sites for hydroxylation is 2. The fourth-order valence-electron chi connectivity index (χ4n) is 3.37. The standard InChI is InChI=1S/C21H22N4OS/c1-5-6-16-23-18-17-15(24(3)4)11-12-22-20(17)27-19(18)21(26)25(16)14-9-7-13(2)8-10-14/h7-12H,5-6H2,1-4H3. The van der Waals surface area contributed by atoms with Gasteiger partial charge in [0.25, 0.3) is 5.56 Å². The largest absolute Gasteiger partial charge is 0.377 e. The maximum absolute atomic E-state index is 13.5. The monoisotopic (exact) mass is 378 g/mol. The van der Waals surface area contributed by atoms with E-state index in [9.17, 15) is 4.79 Å². The predicted octanol–water partition coefficient (Wildman–Crippen LogP) is 4.32. The van der Waals surface area contributed by atoms with E-state index in [-0.39, 0.29) is 5.56 Å². The zero-order valence-corrected chi connectivity index (χ0v) is 16.8. The van der Waals surface area contributed by atoms with Crippen molar-refractivity contribution in [3.63, 3.8) is 0 Å². The van der Waals surface area contributed by atoms with Gasteiger partial charge in [0.1, 0.15) is 20.9 Å². The summed E-state index contributed by atoms with van der Waals surface area (Å²) < 4.78 is 2.42. The zero-order valence-electron chi connectivity index (χ0n) is 16.0. The van der Waals surface area contributed by atoms with E-state index >= 15 is 0 Å². The number of nitrogens with zero attached hydrogens (tertiary/aromatic N) is 4. The minimum absolute atomic E-state index is 0.0139. The van der Waals surface area contributed by atoms with E-state index in [0.717, 1.165) is 45.8 Å². The van der Waals surface area contributed by atoms with Crippen molar-refractivity contribution in [2.24, 2.45) is 0 Å². The van der Waals surface area contributed by atoms with Gasteiger partial charge in [-0.3, -0.25) is 9.36 Å². The van der Waals surface area contributed by atoms with E-state index in [0.29, 0.717) is 4.70 Å². The summed E-state index contributed by atoms with van der Waals surface area (Å²) in [5.41, 5.74) is 3.82. The van der Waals surface area contributed by atoms with Crippen molar-refractivity contribution in [2.45, 2.75) is 26.7 Å². The lowest BCUT2D eigenvalue weighted by atomic mass is 10.2. The second kappa shape index (κ2) is 6.78. The van der Waals surface area contributed by atoms with Crippen LogP contribution in [-0.4, -0.2) is 28.6 Å². The van der Waals surface area contributed by atoms with Gasteiger partial charge in [0.05, 0.1) is 16.8 Å². The number of benzene rings is 1. The number of hydrogen-bond donors (Lipinski definition) is 0. The molecule has 4 rings (SSSR count). The number of hydrogen-bond acceptors (Lipinski definition) is 5. The minimum atomic E-state index is -0.0139. The molecule has 0 atom stereocenters. The summed E-state index contributed by atoms with van der Waals surface area (Å²) >= 11 is 1.43. The molecule has 0 fully saturated rings. The van der Waals surface area contributed by atoms with Crippen LogP contribution in [-0.2, 0) is 6.42 Å². The van der Waals surface area contributed by atoms with Crippen LogP contribution >= 0.6 is 11.3 Å². The molecule has 5 nitrogen and oxygen atoms in total. The lowest BCUT2D eigenvalue weighted by Gasteiger charge is -2.14. The molecule has 6 heteroatoms. The number of aromatic nitrogens is 3. The third kappa shape index (κ3) is 2.90. The van der Waals surface area contributed by atoms with Crippen molar-refractivity contribution in [2.75, 3.05) is 19.0 Å². The number of thiophene rings is 1. The van der Waals surface area contributed by atoms with E-state index in [1.54, 1.807) is 10.8 Å².